The molecular formula is C22H21N3O3S2. The molecule has 8 heteroatoms. The van der Waals surface area contributed by atoms with Crippen molar-refractivity contribution in [3.05, 3.63) is 81.6 Å². The monoisotopic (exact) mass is 439 g/mol. The zero-order valence-electron chi connectivity index (χ0n) is 16.5. The normalized spacial score (nSPS) is 10.9. The number of hydrogen-bond donors (Lipinski definition) is 3. The Balaban J connectivity index is 1.70. The number of aryl methyl sites for hydroxylation is 1. The molecule has 0 saturated carbocycles. The van der Waals surface area contributed by atoms with Gasteiger partial charge in [0.15, 0.2) is 5.11 Å². The molecule has 0 aliphatic heterocycles. The predicted molar refractivity (Wildman–Crippen MR) is 124 cm³/mol. The van der Waals surface area contributed by atoms with Gasteiger partial charge in [0.25, 0.3) is 5.91 Å². The summed E-state index contributed by atoms with van der Waals surface area (Å²) in [5, 5.41) is 6.08. The number of carbonyl (C=O) groups excluding carboxylic acids is 2. The van der Waals surface area contributed by atoms with Crippen LogP contribution in [0.4, 0.5) is 5.00 Å². The average Bonchev–Trinajstić information content (AvgIpc) is 3.24. The van der Waals surface area contributed by atoms with Crippen molar-refractivity contribution in [2.45, 2.75) is 20.3 Å². The molecule has 2 amide bonds. The minimum absolute atomic E-state index is 0.0790. The molecule has 154 valence electrons. The van der Waals surface area contributed by atoms with Crippen LogP contribution in [-0.4, -0.2) is 16.9 Å². The van der Waals surface area contributed by atoms with Crippen LogP contribution in [0.2, 0.25) is 0 Å². The molecule has 2 heterocycles. The predicted octanol–water partition coefficient (Wildman–Crippen LogP) is 4.17. The van der Waals surface area contributed by atoms with E-state index >= 15 is 0 Å². The first kappa shape index (κ1) is 21.5. The Morgan fingerprint density at radius 1 is 1.17 bits per heavy atom. The van der Waals surface area contributed by atoms with Crippen LogP contribution in [0, 0.1) is 13.8 Å². The quantitative estimate of drug-likeness (QED) is 0.396. The van der Waals surface area contributed by atoms with E-state index in [9.17, 15) is 9.59 Å². The van der Waals surface area contributed by atoms with E-state index in [4.69, 9.17) is 22.4 Å². The highest BCUT2D eigenvalue weighted by molar-refractivity contribution is 7.80. The first-order valence-corrected chi connectivity index (χ1v) is 10.4. The number of thiocarbonyl (C=S) groups is 1. The second-order valence-electron chi connectivity index (χ2n) is 6.61. The summed E-state index contributed by atoms with van der Waals surface area (Å²) in [5.74, 6) is 0.357. The Kier molecular flexibility index (Phi) is 6.81. The third kappa shape index (κ3) is 5.43. The van der Waals surface area contributed by atoms with Crippen molar-refractivity contribution in [3.8, 4) is 0 Å². The number of nitrogens with two attached hydrogens (primary N) is 1. The fraction of sp³-hybridized carbons (Fsp3) is 0.136. The summed E-state index contributed by atoms with van der Waals surface area (Å²) >= 11 is 6.62. The number of hydrogen-bond acceptors (Lipinski definition) is 5. The Morgan fingerprint density at radius 3 is 2.53 bits per heavy atom. The van der Waals surface area contributed by atoms with Gasteiger partial charge in [-0.2, -0.15) is 0 Å². The maximum atomic E-state index is 12.1. The Hall–Kier alpha value is -3.23. The van der Waals surface area contributed by atoms with Gasteiger partial charge in [-0.25, -0.2) is 0 Å². The van der Waals surface area contributed by atoms with Crippen molar-refractivity contribution >= 4 is 51.6 Å². The highest BCUT2D eigenvalue weighted by Gasteiger charge is 2.20. The summed E-state index contributed by atoms with van der Waals surface area (Å²) in [6.07, 6.45) is 3.54. The summed E-state index contributed by atoms with van der Waals surface area (Å²) in [7, 11) is 0. The van der Waals surface area contributed by atoms with Gasteiger partial charge in [0.05, 0.1) is 5.56 Å². The molecule has 0 radical (unpaired) electrons. The van der Waals surface area contributed by atoms with E-state index in [-0.39, 0.29) is 5.11 Å². The number of benzene rings is 1. The van der Waals surface area contributed by atoms with Gasteiger partial charge in [0, 0.05) is 17.4 Å². The molecular weight excluding hydrogens is 418 g/mol. The Morgan fingerprint density at radius 2 is 1.90 bits per heavy atom. The third-order valence-corrected chi connectivity index (χ3v) is 5.73. The van der Waals surface area contributed by atoms with Crippen molar-refractivity contribution in [1.82, 2.24) is 5.32 Å². The topological polar surface area (TPSA) is 97.4 Å². The number of anilines is 1. The van der Waals surface area contributed by atoms with E-state index in [1.807, 2.05) is 44.2 Å². The number of nitrogens with one attached hydrogen (secondary N) is 2. The molecule has 30 heavy (non-hydrogen) atoms. The minimum atomic E-state index is -0.548. The SMILES string of the molecule is Cc1ccc(C=CC(=O)NC(=S)Nc2sc(Cc3ccccc3)c(C)c2C(N)=O)o1. The van der Waals surface area contributed by atoms with E-state index in [1.165, 1.54) is 17.4 Å². The Labute approximate surface area is 183 Å². The number of rotatable bonds is 6. The molecule has 4 N–H and O–H groups in total. The van der Waals surface area contributed by atoms with Crippen molar-refractivity contribution in [3.63, 3.8) is 0 Å². The molecule has 0 bridgehead atoms. The van der Waals surface area contributed by atoms with Crippen molar-refractivity contribution in [2.24, 2.45) is 5.73 Å². The number of amides is 2. The molecule has 2 aromatic heterocycles. The summed E-state index contributed by atoms with van der Waals surface area (Å²) in [4.78, 5) is 25.1. The molecule has 0 fully saturated rings. The maximum absolute atomic E-state index is 12.1. The third-order valence-electron chi connectivity index (χ3n) is 4.32. The van der Waals surface area contributed by atoms with Gasteiger partial charge in [0.2, 0.25) is 5.91 Å². The van der Waals surface area contributed by atoms with E-state index in [2.05, 4.69) is 10.6 Å². The van der Waals surface area contributed by atoms with Crippen molar-refractivity contribution in [1.29, 1.82) is 0 Å². The van der Waals surface area contributed by atoms with Crippen LogP contribution >= 0.6 is 23.6 Å². The maximum Gasteiger partial charge on any atom is 0.251 e. The summed E-state index contributed by atoms with van der Waals surface area (Å²) < 4.78 is 5.38. The molecule has 6 nitrogen and oxygen atoms in total. The molecule has 0 aliphatic carbocycles. The fourth-order valence-corrected chi connectivity index (χ4v) is 4.40. The van der Waals surface area contributed by atoms with E-state index in [0.29, 0.717) is 22.7 Å². The lowest BCUT2D eigenvalue weighted by Gasteiger charge is -2.07. The average molecular weight is 440 g/mol. The molecule has 3 aromatic rings. The zero-order valence-corrected chi connectivity index (χ0v) is 18.2. The highest BCUT2D eigenvalue weighted by Crippen LogP contribution is 2.34. The molecule has 1 aromatic carbocycles. The second kappa shape index (κ2) is 9.51. The lowest BCUT2D eigenvalue weighted by Crippen LogP contribution is -2.33. The van der Waals surface area contributed by atoms with E-state index in [1.54, 1.807) is 18.2 Å². The first-order valence-electron chi connectivity index (χ1n) is 9.16. The van der Waals surface area contributed by atoms with Gasteiger partial charge in [-0.3, -0.25) is 14.9 Å². The van der Waals surface area contributed by atoms with Gasteiger partial charge in [0.1, 0.15) is 16.5 Å². The lowest BCUT2D eigenvalue weighted by molar-refractivity contribution is -0.115. The van der Waals surface area contributed by atoms with Gasteiger partial charge in [-0.1, -0.05) is 30.3 Å². The summed E-state index contributed by atoms with van der Waals surface area (Å²) in [6.45, 7) is 3.68. The van der Waals surface area contributed by atoms with Crippen LogP contribution < -0.4 is 16.4 Å². The molecule has 0 atom stereocenters. The first-order chi connectivity index (χ1) is 14.3. The number of furan rings is 1. The fourth-order valence-electron chi connectivity index (χ4n) is 2.88. The van der Waals surface area contributed by atoms with Crippen LogP contribution in [0.15, 0.2) is 53.0 Å². The van der Waals surface area contributed by atoms with Crippen LogP contribution in [0.3, 0.4) is 0 Å². The standard InChI is InChI=1S/C22H21N3O3S2/c1-13-8-9-16(28-13)10-11-18(26)24-22(29)25-21-19(20(23)27)14(2)17(30-21)12-15-6-4-3-5-7-15/h3-11H,12H2,1-2H3,(H2,23,27)(H2,24,25,26,29). The van der Waals surface area contributed by atoms with Crippen LogP contribution in [0.1, 0.15) is 37.9 Å². The smallest absolute Gasteiger partial charge is 0.251 e. The van der Waals surface area contributed by atoms with Crippen LogP contribution in [0.25, 0.3) is 6.08 Å². The summed E-state index contributed by atoms with van der Waals surface area (Å²) in [6, 6.07) is 13.5. The largest absolute Gasteiger partial charge is 0.462 e. The van der Waals surface area contributed by atoms with Crippen LogP contribution in [0.5, 0.6) is 0 Å². The van der Waals surface area contributed by atoms with Gasteiger partial charge in [-0.15, -0.1) is 11.3 Å². The van der Waals surface area contributed by atoms with Gasteiger partial charge < -0.3 is 15.5 Å². The van der Waals surface area contributed by atoms with E-state index < -0.39 is 11.8 Å². The van der Waals surface area contributed by atoms with Gasteiger partial charge in [-0.05, 0) is 55.4 Å². The molecule has 3 rings (SSSR count). The van der Waals surface area contributed by atoms with Gasteiger partial charge >= 0.3 is 0 Å². The summed E-state index contributed by atoms with van der Waals surface area (Å²) in [5.41, 5.74) is 7.90. The van der Waals surface area contributed by atoms with E-state index in [0.717, 1.165) is 21.8 Å². The van der Waals surface area contributed by atoms with Crippen LogP contribution in [-0.2, 0) is 11.2 Å². The molecule has 0 spiro atoms. The second-order valence-corrected chi connectivity index (χ2v) is 8.12. The Bertz CT molecular complexity index is 1110. The van der Waals surface area contributed by atoms with Crippen molar-refractivity contribution in [2.75, 3.05) is 5.32 Å². The molecule has 0 aliphatic rings. The highest BCUT2D eigenvalue weighted by atomic mass is 32.1. The van der Waals surface area contributed by atoms with Crippen molar-refractivity contribution < 1.29 is 14.0 Å². The molecule has 0 unspecified atom stereocenters. The molecule has 0 saturated heterocycles. The minimum Gasteiger partial charge on any atom is -0.462 e. The lowest BCUT2D eigenvalue weighted by atomic mass is 10.1. The number of thiophene rings is 1. The zero-order chi connectivity index (χ0) is 21.7. The number of primary amides is 1. The number of carbonyl (C=O) groups is 2.